The molecule has 0 spiro atoms. The van der Waals surface area contributed by atoms with E-state index in [1.54, 1.807) is 24.3 Å². The Labute approximate surface area is 122 Å². The van der Waals surface area contributed by atoms with E-state index in [0.717, 1.165) is 4.47 Å². The first-order valence-electron chi connectivity index (χ1n) is 4.82. The summed E-state index contributed by atoms with van der Waals surface area (Å²) < 4.78 is 6.42. The molecule has 2 aromatic rings. The number of ether oxygens (including phenoxy) is 1. The molecule has 0 saturated carbocycles. The van der Waals surface area contributed by atoms with Crippen LogP contribution in [-0.4, -0.2) is 15.2 Å². The highest BCUT2D eigenvalue weighted by molar-refractivity contribution is 9.10. The summed E-state index contributed by atoms with van der Waals surface area (Å²) in [6.45, 7) is 0. The number of halogens is 2. The van der Waals surface area contributed by atoms with Crippen LogP contribution in [0.2, 0.25) is 5.02 Å². The Kier molecular flexibility index (Phi) is 4.11. The second-order valence-electron chi connectivity index (χ2n) is 3.29. The Morgan fingerprint density at radius 1 is 1.39 bits per heavy atom. The van der Waals surface area contributed by atoms with Crippen LogP contribution >= 0.6 is 39.7 Å². The molecule has 4 nitrogen and oxygen atoms in total. The van der Waals surface area contributed by atoms with Crippen LogP contribution in [0.5, 0.6) is 11.6 Å². The van der Waals surface area contributed by atoms with Crippen molar-refractivity contribution in [2.75, 3.05) is 0 Å². The molecule has 0 amide bonds. The Hall–Kier alpha value is -1.24. The van der Waals surface area contributed by atoms with Gasteiger partial charge in [0.05, 0.1) is 16.8 Å². The fourth-order valence-electron chi connectivity index (χ4n) is 1.24. The molecule has 0 atom stereocenters. The Bertz CT molecular complexity index is 609. The van der Waals surface area contributed by atoms with Crippen LogP contribution in [0.3, 0.4) is 0 Å². The van der Waals surface area contributed by atoms with Crippen LogP contribution < -0.4 is 10.5 Å². The van der Waals surface area contributed by atoms with Gasteiger partial charge in [0.25, 0.3) is 0 Å². The standard InChI is InChI=1S/C11H7BrClN3OS/c12-6-1-2-8(13)9(5-6)17-11-7(10(14)18)3-4-15-16-11/h1-5H,(H2,14,18). The van der Waals surface area contributed by atoms with Gasteiger partial charge in [0.1, 0.15) is 10.7 Å². The van der Waals surface area contributed by atoms with Crippen LogP contribution in [0.4, 0.5) is 0 Å². The highest BCUT2D eigenvalue weighted by Crippen LogP contribution is 2.32. The lowest BCUT2D eigenvalue weighted by Crippen LogP contribution is -2.12. The molecule has 92 valence electrons. The number of hydrogen-bond donors (Lipinski definition) is 1. The molecule has 1 heterocycles. The van der Waals surface area contributed by atoms with E-state index in [1.807, 2.05) is 0 Å². The van der Waals surface area contributed by atoms with Gasteiger partial charge < -0.3 is 10.5 Å². The minimum absolute atomic E-state index is 0.186. The van der Waals surface area contributed by atoms with Gasteiger partial charge in [-0.3, -0.25) is 0 Å². The van der Waals surface area contributed by atoms with Crippen molar-refractivity contribution >= 4 is 44.7 Å². The van der Waals surface area contributed by atoms with Crippen LogP contribution in [0.25, 0.3) is 0 Å². The summed E-state index contributed by atoms with van der Waals surface area (Å²) in [4.78, 5) is 0.186. The number of nitrogens with two attached hydrogens (primary N) is 1. The second-order valence-corrected chi connectivity index (χ2v) is 5.05. The van der Waals surface area contributed by atoms with Crippen LogP contribution in [0.1, 0.15) is 5.56 Å². The fraction of sp³-hybridized carbons (Fsp3) is 0. The summed E-state index contributed by atoms with van der Waals surface area (Å²) in [5.74, 6) is 0.675. The zero-order valence-corrected chi connectivity index (χ0v) is 12.1. The topological polar surface area (TPSA) is 61.0 Å². The van der Waals surface area contributed by atoms with Crippen LogP contribution in [0.15, 0.2) is 34.9 Å². The van der Waals surface area contributed by atoms with Crippen molar-refractivity contribution in [2.45, 2.75) is 0 Å². The lowest BCUT2D eigenvalue weighted by molar-refractivity contribution is 0.454. The molecule has 0 radical (unpaired) electrons. The largest absolute Gasteiger partial charge is 0.435 e. The fourth-order valence-corrected chi connectivity index (χ4v) is 1.89. The molecule has 0 aliphatic rings. The number of rotatable bonds is 3. The van der Waals surface area contributed by atoms with Crippen LogP contribution in [0, 0.1) is 0 Å². The summed E-state index contributed by atoms with van der Waals surface area (Å²) in [7, 11) is 0. The molecule has 18 heavy (non-hydrogen) atoms. The maximum absolute atomic E-state index is 6.02. The summed E-state index contributed by atoms with van der Waals surface area (Å²) in [5.41, 5.74) is 6.09. The molecular formula is C11H7BrClN3OS. The zero-order valence-electron chi connectivity index (χ0n) is 8.93. The Morgan fingerprint density at radius 2 is 2.17 bits per heavy atom. The van der Waals surface area contributed by atoms with Gasteiger partial charge in [0.15, 0.2) is 0 Å². The monoisotopic (exact) mass is 343 g/mol. The normalized spacial score (nSPS) is 10.1. The molecule has 2 N–H and O–H groups in total. The smallest absolute Gasteiger partial charge is 0.249 e. The summed E-state index contributed by atoms with van der Waals surface area (Å²) in [6.07, 6.45) is 1.49. The quantitative estimate of drug-likeness (QED) is 0.866. The van der Waals surface area contributed by atoms with Gasteiger partial charge in [0, 0.05) is 4.47 Å². The molecule has 0 saturated heterocycles. The SMILES string of the molecule is NC(=S)c1ccnnc1Oc1cc(Br)ccc1Cl. The van der Waals surface area contributed by atoms with E-state index in [0.29, 0.717) is 16.3 Å². The average Bonchev–Trinajstić information content (AvgIpc) is 2.34. The molecule has 0 bridgehead atoms. The minimum atomic E-state index is 0.186. The van der Waals surface area contributed by atoms with E-state index < -0.39 is 0 Å². The van der Waals surface area contributed by atoms with E-state index in [-0.39, 0.29) is 10.9 Å². The van der Waals surface area contributed by atoms with Gasteiger partial charge in [-0.15, -0.1) is 5.10 Å². The minimum Gasteiger partial charge on any atom is -0.435 e. The molecule has 0 aliphatic heterocycles. The molecule has 7 heteroatoms. The van der Waals surface area contributed by atoms with Gasteiger partial charge >= 0.3 is 0 Å². The third-order valence-electron chi connectivity index (χ3n) is 2.05. The van der Waals surface area contributed by atoms with E-state index in [4.69, 9.17) is 34.3 Å². The second kappa shape index (κ2) is 5.60. The van der Waals surface area contributed by atoms with Gasteiger partial charge in [0.2, 0.25) is 5.88 Å². The first-order chi connectivity index (χ1) is 8.58. The molecule has 2 rings (SSSR count). The third-order valence-corrected chi connectivity index (χ3v) is 3.08. The van der Waals surface area contributed by atoms with Crippen molar-refractivity contribution in [1.29, 1.82) is 0 Å². The molecule has 1 aromatic carbocycles. The van der Waals surface area contributed by atoms with Gasteiger partial charge in [-0.05, 0) is 24.3 Å². The Morgan fingerprint density at radius 3 is 2.89 bits per heavy atom. The Balaban J connectivity index is 2.40. The van der Waals surface area contributed by atoms with Crippen molar-refractivity contribution in [3.63, 3.8) is 0 Å². The molecule has 0 aliphatic carbocycles. The molecule has 1 aromatic heterocycles. The molecule has 0 fully saturated rings. The van der Waals surface area contributed by atoms with E-state index >= 15 is 0 Å². The predicted octanol–water partition coefficient (Wildman–Crippen LogP) is 3.32. The van der Waals surface area contributed by atoms with Gasteiger partial charge in [-0.1, -0.05) is 39.7 Å². The number of thiocarbonyl (C=S) groups is 1. The summed E-state index contributed by atoms with van der Waals surface area (Å²) in [5, 5.41) is 8.04. The first-order valence-corrected chi connectivity index (χ1v) is 6.40. The average molecular weight is 345 g/mol. The lowest BCUT2D eigenvalue weighted by atomic mass is 10.3. The highest BCUT2D eigenvalue weighted by Gasteiger charge is 2.11. The predicted molar refractivity (Wildman–Crippen MR) is 77.1 cm³/mol. The summed E-state index contributed by atoms with van der Waals surface area (Å²) in [6, 6.07) is 6.87. The van der Waals surface area contributed by atoms with Crippen molar-refractivity contribution < 1.29 is 4.74 Å². The maximum Gasteiger partial charge on any atom is 0.249 e. The first kappa shape index (κ1) is 13.2. The van der Waals surface area contributed by atoms with Crippen molar-refractivity contribution in [2.24, 2.45) is 5.73 Å². The highest BCUT2D eigenvalue weighted by atomic mass is 79.9. The number of nitrogens with zero attached hydrogens (tertiary/aromatic N) is 2. The van der Waals surface area contributed by atoms with Crippen molar-refractivity contribution in [3.8, 4) is 11.6 Å². The van der Waals surface area contributed by atoms with Crippen molar-refractivity contribution in [1.82, 2.24) is 10.2 Å². The van der Waals surface area contributed by atoms with E-state index in [2.05, 4.69) is 26.1 Å². The number of aromatic nitrogens is 2. The van der Waals surface area contributed by atoms with Crippen LogP contribution in [-0.2, 0) is 0 Å². The van der Waals surface area contributed by atoms with Gasteiger partial charge in [-0.25, -0.2) is 0 Å². The van der Waals surface area contributed by atoms with E-state index in [9.17, 15) is 0 Å². The molecule has 0 unspecified atom stereocenters. The maximum atomic E-state index is 6.02. The number of hydrogen-bond acceptors (Lipinski definition) is 4. The summed E-state index contributed by atoms with van der Waals surface area (Å²) >= 11 is 14.3. The number of benzene rings is 1. The van der Waals surface area contributed by atoms with E-state index in [1.165, 1.54) is 6.20 Å². The lowest BCUT2D eigenvalue weighted by Gasteiger charge is -2.09. The third kappa shape index (κ3) is 2.95. The molecular weight excluding hydrogens is 338 g/mol. The van der Waals surface area contributed by atoms with Crippen molar-refractivity contribution in [3.05, 3.63) is 45.5 Å². The van der Waals surface area contributed by atoms with Gasteiger partial charge in [-0.2, -0.15) is 5.10 Å². The zero-order chi connectivity index (χ0) is 13.1.